The number of hydrogen-bond donors (Lipinski definition) is 2. The van der Waals surface area contributed by atoms with E-state index in [1.54, 1.807) is 0 Å². The Balaban J connectivity index is 1.46. The highest BCUT2D eigenvalue weighted by molar-refractivity contribution is 5.79. The zero-order valence-electron chi connectivity index (χ0n) is 17.7. The SMILES string of the molecule is CCCCNC(=O)C[NH+]1CCN(C(=O)COc2ccccc2-c2ccccc2)CC1. The smallest absolute Gasteiger partial charge is 0.275 e. The summed E-state index contributed by atoms with van der Waals surface area (Å²) in [6.45, 7) is 6.23. The lowest BCUT2D eigenvalue weighted by Crippen LogP contribution is -3.15. The molecule has 1 aliphatic rings. The predicted octanol–water partition coefficient (Wildman–Crippen LogP) is 1.38. The van der Waals surface area contributed by atoms with Crippen molar-refractivity contribution in [1.82, 2.24) is 10.2 Å². The van der Waals surface area contributed by atoms with E-state index in [0.717, 1.165) is 43.6 Å². The van der Waals surface area contributed by atoms with E-state index in [2.05, 4.69) is 12.2 Å². The largest absolute Gasteiger partial charge is 0.483 e. The highest BCUT2D eigenvalue weighted by Gasteiger charge is 2.25. The van der Waals surface area contributed by atoms with Crippen LogP contribution < -0.4 is 15.0 Å². The number of carbonyl (C=O) groups excluding carboxylic acids is 2. The molecule has 0 saturated carbocycles. The second kappa shape index (κ2) is 11.4. The van der Waals surface area contributed by atoms with Crippen LogP contribution in [0.15, 0.2) is 54.6 Å². The van der Waals surface area contributed by atoms with E-state index in [1.165, 1.54) is 4.90 Å². The van der Waals surface area contributed by atoms with Gasteiger partial charge in [0.25, 0.3) is 11.8 Å². The number of carbonyl (C=O) groups is 2. The van der Waals surface area contributed by atoms with Gasteiger partial charge in [-0.3, -0.25) is 9.59 Å². The molecule has 2 N–H and O–H groups in total. The fourth-order valence-electron chi connectivity index (χ4n) is 3.62. The summed E-state index contributed by atoms with van der Waals surface area (Å²) in [5, 5.41) is 2.96. The standard InChI is InChI=1S/C24H31N3O3/c1-2-3-13-25-23(28)18-26-14-16-27(17-15-26)24(29)19-30-22-12-8-7-11-21(22)20-9-5-4-6-10-20/h4-12H,2-3,13-19H2,1H3,(H,25,28)/p+1. The van der Waals surface area contributed by atoms with Crippen LogP contribution in [-0.2, 0) is 9.59 Å². The van der Waals surface area contributed by atoms with Crippen LogP contribution in [0.2, 0.25) is 0 Å². The van der Waals surface area contributed by atoms with E-state index < -0.39 is 0 Å². The zero-order valence-corrected chi connectivity index (χ0v) is 17.7. The van der Waals surface area contributed by atoms with Crippen molar-refractivity contribution in [2.24, 2.45) is 0 Å². The Labute approximate surface area is 178 Å². The predicted molar refractivity (Wildman–Crippen MR) is 117 cm³/mol. The first kappa shape index (κ1) is 21.8. The number of nitrogens with zero attached hydrogens (tertiary/aromatic N) is 1. The van der Waals surface area contributed by atoms with Gasteiger partial charge in [0, 0.05) is 12.1 Å². The van der Waals surface area contributed by atoms with Gasteiger partial charge in [0.05, 0.1) is 26.2 Å². The van der Waals surface area contributed by atoms with Crippen LogP contribution in [0.1, 0.15) is 19.8 Å². The molecule has 0 atom stereocenters. The van der Waals surface area contributed by atoms with Crippen LogP contribution in [0.25, 0.3) is 11.1 Å². The van der Waals surface area contributed by atoms with Gasteiger partial charge in [0.15, 0.2) is 13.2 Å². The summed E-state index contributed by atoms with van der Waals surface area (Å²) in [6.07, 6.45) is 2.09. The number of piperazine rings is 1. The van der Waals surface area contributed by atoms with Crippen LogP contribution in [0.5, 0.6) is 5.75 Å². The van der Waals surface area contributed by atoms with Crippen LogP contribution in [0.3, 0.4) is 0 Å². The molecule has 3 rings (SSSR count). The summed E-state index contributed by atoms with van der Waals surface area (Å²) in [4.78, 5) is 27.7. The maximum Gasteiger partial charge on any atom is 0.275 e. The average molecular weight is 411 g/mol. The van der Waals surface area contributed by atoms with Gasteiger partial charge >= 0.3 is 0 Å². The Hall–Kier alpha value is -2.86. The Morgan fingerprint density at radius 1 is 1.03 bits per heavy atom. The number of nitrogens with one attached hydrogen (secondary N) is 2. The molecule has 0 unspecified atom stereocenters. The van der Waals surface area contributed by atoms with Crippen molar-refractivity contribution in [2.45, 2.75) is 19.8 Å². The van der Waals surface area contributed by atoms with Crippen molar-refractivity contribution >= 4 is 11.8 Å². The van der Waals surface area contributed by atoms with Crippen LogP contribution in [-0.4, -0.2) is 62.6 Å². The molecule has 1 aliphatic heterocycles. The molecule has 30 heavy (non-hydrogen) atoms. The first-order chi connectivity index (χ1) is 14.7. The monoisotopic (exact) mass is 410 g/mol. The highest BCUT2D eigenvalue weighted by atomic mass is 16.5. The maximum atomic E-state index is 12.6. The molecule has 0 spiro atoms. The molecule has 0 aliphatic carbocycles. The Bertz CT molecular complexity index is 817. The van der Waals surface area contributed by atoms with Gasteiger partial charge in [-0.25, -0.2) is 0 Å². The quantitative estimate of drug-likeness (QED) is 0.614. The van der Waals surface area contributed by atoms with Crippen molar-refractivity contribution in [3.8, 4) is 16.9 Å². The Kier molecular flexibility index (Phi) is 8.27. The van der Waals surface area contributed by atoms with Crippen molar-refractivity contribution < 1.29 is 19.2 Å². The second-order valence-corrected chi connectivity index (χ2v) is 7.66. The third-order valence-electron chi connectivity index (χ3n) is 5.41. The molecule has 6 heteroatoms. The summed E-state index contributed by atoms with van der Waals surface area (Å²) in [5.41, 5.74) is 2.05. The summed E-state index contributed by atoms with van der Waals surface area (Å²) in [7, 11) is 0. The third kappa shape index (κ3) is 6.32. The van der Waals surface area contributed by atoms with Gasteiger partial charge < -0.3 is 19.9 Å². The first-order valence-electron chi connectivity index (χ1n) is 10.8. The number of hydrogen-bond acceptors (Lipinski definition) is 3. The zero-order chi connectivity index (χ0) is 21.2. The molecule has 0 radical (unpaired) electrons. The van der Waals surface area contributed by atoms with Crippen molar-refractivity contribution in [3.63, 3.8) is 0 Å². The number of para-hydroxylation sites is 1. The van der Waals surface area contributed by atoms with Gasteiger partial charge in [0.2, 0.25) is 0 Å². The van der Waals surface area contributed by atoms with Gasteiger partial charge in [-0.1, -0.05) is 61.9 Å². The summed E-state index contributed by atoms with van der Waals surface area (Å²) < 4.78 is 5.89. The van der Waals surface area contributed by atoms with Crippen molar-refractivity contribution in [2.75, 3.05) is 45.9 Å². The van der Waals surface area contributed by atoms with Crippen molar-refractivity contribution in [3.05, 3.63) is 54.6 Å². The fraction of sp³-hybridized carbons (Fsp3) is 0.417. The molecule has 160 valence electrons. The topological polar surface area (TPSA) is 63.1 Å². The number of quaternary nitrogens is 1. The molecule has 6 nitrogen and oxygen atoms in total. The second-order valence-electron chi connectivity index (χ2n) is 7.66. The lowest BCUT2D eigenvalue weighted by Gasteiger charge is -2.31. The molecule has 1 fully saturated rings. The van der Waals surface area contributed by atoms with E-state index in [9.17, 15) is 9.59 Å². The fourth-order valence-corrected chi connectivity index (χ4v) is 3.62. The average Bonchev–Trinajstić information content (AvgIpc) is 2.79. The molecule has 1 heterocycles. The normalized spacial score (nSPS) is 14.4. The summed E-state index contributed by atoms with van der Waals surface area (Å²) in [6, 6.07) is 17.8. The Morgan fingerprint density at radius 3 is 2.47 bits per heavy atom. The number of ether oxygens (including phenoxy) is 1. The first-order valence-corrected chi connectivity index (χ1v) is 10.8. The minimum absolute atomic E-state index is 0.00990. The number of benzene rings is 2. The number of amides is 2. The molecule has 1 saturated heterocycles. The van der Waals surface area contributed by atoms with Crippen molar-refractivity contribution in [1.29, 1.82) is 0 Å². The number of rotatable bonds is 9. The molecule has 2 aromatic rings. The van der Waals surface area contributed by atoms with Gasteiger partial charge in [0.1, 0.15) is 5.75 Å². The highest BCUT2D eigenvalue weighted by Crippen LogP contribution is 2.29. The van der Waals surface area contributed by atoms with E-state index >= 15 is 0 Å². The maximum absolute atomic E-state index is 12.6. The van der Waals surface area contributed by atoms with Gasteiger partial charge in [-0.15, -0.1) is 0 Å². The van der Waals surface area contributed by atoms with E-state index in [4.69, 9.17) is 4.74 Å². The van der Waals surface area contributed by atoms with Crippen LogP contribution in [0, 0.1) is 0 Å². The minimum Gasteiger partial charge on any atom is -0.483 e. The Morgan fingerprint density at radius 2 is 1.73 bits per heavy atom. The molecule has 2 amide bonds. The van der Waals surface area contributed by atoms with Gasteiger partial charge in [-0.2, -0.15) is 0 Å². The van der Waals surface area contributed by atoms with E-state index in [-0.39, 0.29) is 18.4 Å². The lowest BCUT2D eigenvalue weighted by atomic mass is 10.1. The molecule has 0 aromatic heterocycles. The summed E-state index contributed by atoms with van der Waals surface area (Å²) >= 11 is 0. The van der Waals surface area contributed by atoms with Crippen LogP contribution in [0.4, 0.5) is 0 Å². The van der Waals surface area contributed by atoms with Gasteiger partial charge in [-0.05, 0) is 18.1 Å². The molecular formula is C24H32N3O3+. The third-order valence-corrected chi connectivity index (χ3v) is 5.41. The van der Waals surface area contributed by atoms with Crippen LogP contribution >= 0.6 is 0 Å². The van der Waals surface area contributed by atoms with E-state index in [0.29, 0.717) is 25.4 Å². The summed E-state index contributed by atoms with van der Waals surface area (Å²) in [5.74, 6) is 0.799. The lowest BCUT2D eigenvalue weighted by molar-refractivity contribution is -0.896. The van der Waals surface area contributed by atoms with E-state index in [1.807, 2.05) is 59.5 Å². The minimum atomic E-state index is -0.00990. The number of unbranched alkanes of at least 4 members (excludes halogenated alkanes) is 1. The molecular weight excluding hydrogens is 378 g/mol. The molecule has 0 bridgehead atoms. The molecule has 2 aromatic carbocycles.